The topological polar surface area (TPSA) is 80.9 Å². The highest BCUT2D eigenvalue weighted by Crippen LogP contribution is 2.34. The Morgan fingerprint density at radius 3 is 1.29 bits per heavy atom. The van der Waals surface area contributed by atoms with Crippen molar-refractivity contribution in [3.05, 3.63) is 57.6 Å². The van der Waals surface area contributed by atoms with Crippen LogP contribution < -0.4 is 0 Å². The summed E-state index contributed by atoms with van der Waals surface area (Å²) in [6.07, 6.45) is 4.91. The van der Waals surface area contributed by atoms with E-state index in [1.54, 1.807) is 0 Å². The Labute approximate surface area is 187 Å². The smallest absolute Gasteiger partial charge is 0.122 e. The van der Waals surface area contributed by atoms with Crippen LogP contribution in [-0.4, -0.2) is 33.6 Å². The van der Waals surface area contributed by atoms with E-state index in [-0.39, 0.29) is 13.2 Å². The third-order valence-electron chi connectivity index (χ3n) is 5.54. The molecule has 0 saturated carbocycles. The van der Waals surface area contributed by atoms with E-state index in [9.17, 15) is 20.4 Å². The van der Waals surface area contributed by atoms with Crippen LogP contribution in [0, 0.1) is 11.8 Å². The average Bonchev–Trinajstić information content (AvgIpc) is 2.70. The molecule has 4 nitrogen and oxygen atoms in total. The molecule has 0 amide bonds. The Morgan fingerprint density at radius 2 is 0.968 bits per heavy atom. The lowest BCUT2D eigenvalue weighted by Crippen LogP contribution is -2.03. The van der Waals surface area contributed by atoms with Crippen molar-refractivity contribution in [3.63, 3.8) is 0 Å². The van der Waals surface area contributed by atoms with E-state index in [1.165, 1.54) is 0 Å². The van der Waals surface area contributed by atoms with Gasteiger partial charge in [0.25, 0.3) is 0 Å². The number of aliphatic hydroxyl groups is 2. The second-order valence-corrected chi connectivity index (χ2v) is 9.55. The molecule has 31 heavy (non-hydrogen) atoms. The molecule has 0 atom stereocenters. The quantitative estimate of drug-likeness (QED) is 0.386. The number of hydrogen-bond acceptors (Lipinski definition) is 4. The first-order chi connectivity index (χ1) is 14.7. The Bertz CT molecular complexity index is 770. The summed E-state index contributed by atoms with van der Waals surface area (Å²) < 4.78 is 0. The van der Waals surface area contributed by atoms with Crippen LogP contribution in [0.1, 0.15) is 73.9 Å². The standard InChI is InChI=1S/C27H40O4/c1-18(2)11-22-13-20(7-5-9-28)15-24(26(22)30)17-25-16-21(8-6-10-29)14-23(27(25)31)12-19(3)4/h13-16,18-19,28-31H,5-12,17H2,1-4H3. The SMILES string of the molecule is CC(C)Cc1cc(CCCO)cc(Cc2cc(CCCO)cc(CC(C)C)c2O)c1O. The molecule has 0 aromatic heterocycles. The van der Waals surface area contributed by atoms with Crippen molar-refractivity contribution in [1.82, 2.24) is 0 Å². The van der Waals surface area contributed by atoms with E-state index in [2.05, 4.69) is 39.8 Å². The monoisotopic (exact) mass is 428 g/mol. The third-order valence-corrected chi connectivity index (χ3v) is 5.54. The summed E-state index contributed by atoms with van der Waals surface area (Å²) in [4.78, 5) is 0. The molecule has 0 heterocycles. The van der Waals surface area contributed by atoms with E-state index >= 15 is 0 Å². The van der Waals surface area contributed by atoms with E-state index in [1.807, 2.05) is 12.1 Å². The maximum Gasteiger partial charge on any atom is 0.122 e. The number of rotatable bonds is 12. The van der Waals surface area contributed by atoms with Crippen LogP contribution in [-0.2, 0) is 32.1 Å². The minimum Gasteiger partial charge on any atom is -0.507 e. The van der Waals surface area contributed by atoms with Gasteiger partial charge < -0.3 is 20.4 Å². The number of phenols is 2. The van der Waals surface area contributed by atoms with Gasteiger partial charge in [-0.15, -0.1) is 0 Å². The molecule has 2 aromatic carbocycles. The maximum atomic E-state index is 11.0. The molecule has 0 radical (unpaired) electrons. The van der Waals surface area contributed by atoms with E-state index < -0.39 is 0 Å². The largest absolute Gasteiger partial charge is 0.507 e. The predicted molar refractivity (Wildman–Crippen MR) is 127 cm³/mol. The molecule has 2 aromatic rings. The molecule has 0 aliphatic carbocycles. The second-order valence-electron chi connectivity index (χ2n) is 9.55. The van der Waals surface area contributed by atoms with Crippen molar-refractivity contribution < 1.29 is 20.4 Å². The van der Waals surface area contributed by atoms with Crippen LogP contribution in [0.3, 0.4) is 0 Å². The summed E-state index contributed by atoms with van der Waals surface area (Å²) in [6.45, 7) is 8.81. The van der Waals surface area contributed by atoms with Gasteiger partial charge in [0, 0.05) is 19.6 Å². The van der Waals surface area contributed by atoms with Gasteiger partial charge in [-0.2, -0.15) is 0 Å². The van der Waals surface area contributed by atoms with Crippen LogP contribution in [0.25, 0.3) is 0 Å². The third kappa shape index (κ3) is 7.55. The van der Waals surface area contributed by atoms with Crippen LogP contribution >= 0.6 is 0 Å². The van der Waals surface area contributed by atoms with Gasteiger partial charge in [0.1, 0.15) is 11.5 Å². The van der Waals surface area contributed by atoms with Gasteiger partial charge in [0.2, 0.25) is 0 Å². The second kappa shape index (κ2) is 12.1. The average molecular weight is 429 g/mol. The first-order valence-electron chi connectivity index (χ1n) is 11.6. The molecule has 0 fully saturated rings. The summed E-state index contributed by atoms with van der Waals surface area (Å²) >= 11 is 0. The highest BCUT2D eigenvalue weighted by molar-refractivity contribution is 5.51. The Morgan fingerprint density at radius 1 is 0.613 bits per heavy atom. The predicted octanol–water partition coefficient (Wildman–Crippen LogP) is 4.94. The van der Waals surface area contributed by atoms with E-state index in [4.69, 9.17) is 0 Å². The fourth-order valence-electron chi connectivity index (χ4n) is 4.18. The van der Waals surface area contributed by atoms with Gasteiger partial charge in [-0.05, 0) is 83.7 Å². The zero-order valence-electron chi connectivity index (χ0n) is 19.6. The van der Waals surface area contributed by atoms with Gasteiger partial charge in [0.15, 0.2) is 0 Å². The fourth-order valence-corrected chi connectivity index (χ4v) is 4.18. The molecular formula is C27H40O4. The molecule has 0 aliphatic heterocycles. The normalized spacial score (nSPS) is 11.6. The minimum absolute atomic E-state index is 0.141. The number of aliphatic hydroxyl groups excluding tert-OH is 2. The summed E-state index contributed by atoms with van der Waals surface area (Å²) in [6, 6.07) is 8.12. The maximum absolute atomic E-state index is 11.0. The number of aromatic hydroxyl groups is 2. The first-order valence-corrected chi connectivity index (χ1v) is 11.6. The van der Waals surface area contributed by atoms with Crippen LogP contribution in [0.2, 0.25) is 0 Å². The van der Waals surface area contributed by atoms with Crippen LogP contribution in [0.15, 0.2) is 24.3 Å². The molecule has 172 valence electrons. The number of hydrogen-bond donors (Lipinski definition) is 4. The lowest BCUT2D eigenvalue weighted by atomic mass is 9.90. The van der Waals surface area contributed by atoms with Crippen molar-refractivity contribution in [2.24, 2.45) is 11.8 Å². The Hall–Kier alpha value is -2.04. The van der Waals surface area contributed by atoms with Crippen molar-refractivity contribution in [3.8, 4) is 11.5 Å². The minimum atomic E-state index is 0.141. The van der Waals surface area contributed by atoms with Gasteiger partial charge in [-0.25, -0.2) is 0 Å². The van der Waals surface area contributed by atoms with E-state index in [0.29, 0.717) is 42.6 Å². The Balaban J connectivity index is 2.48. The van der Waals surface area contributed by atoms with Crippen LogP contribution in [0.4, 0.5) is 0 Å². The highest BCUT2D eigenvalue weighted by atomic mass is 16.3. The van der Waals surface area contributed by atoms with Gasteiger partial charge in [-0.1, -0.05) is 52.0 Å². The zero-order chi connectivity index (χ0) is 23.0. The van der Waals surface area contributed by atoms with Crippen molar-refractivity contribution >= 4 is 0 Å². The highest BCUT2D eigenvalue weighted by Gasteiger charge is 2.17. The lowest BCUT2D eigenvalue weighted by molar-refractivity contribution is 0.288. The molecule has 2 rings (SSSR count). The molecule has 0 unspecified atom stereocenters. The van der Waals surface area contributed by atoms with Gasteiger partial charge >= 0.3 is 0 Å². The summed E-state index contributed by atoms with van der Waals surface area (Å²) in [5.41, 5.74) is 5.71. The number of aryl methyl sites for hydroxylation is 2. The Kier molecular flexibility index (Phi) is 9.86. The van der Waals surface area contributed by atoms with Crippen LogP contribution in [0.5, 0.6) is 11.5 Å². The summed E-state index contributed by atoms with van der Waals surface area (Å²) in [5, 5.41) is 40.5. The number of benzene rings is 2. The van der Waals surface area contributed by atoms with Gasteiger partial charge in [-0.3, -0.25) is 0 Å². The molecule has 0 spiro atoms. The molecule has 0 aliphatic rings. The van der Waals surface area contributed by atoms with Crippen molar-refractivity contribution in [1.29, 1.82) is 0 Å². The molecule has 4 N–H and O–H groups in total. The summed E-state index contributed by atoms with van der Waals surface area (Å²) in [7, 11) is 0. The molecule has 0 saturated heterocycles. The molecule has 4 heteroatoms. The van der Waals surface area contributed by atoms with E-state index in [0.717, 1.165) is 59.1 Å². The fraction of sp³-hybridized carbons (Fsp3) is 0.556. The zero-order valence-corrected chi connectivity index (χ0v) is 19.6. The van der Waals surface area contributed by atoms with Crippen molar-refractivity contribution in [2.45, 2.75) is 72.6 Å². The molecule has 0 bridgehead atoms. The first kappa shape index (κ1) is 25.2. The number of phenolic OH excluding ortho intramolecular Hbond substituents is 2. The lowest BCUT2D eigenvalue weighted by Gasteiger charge is -2.18. The molecular weight excluding hydrogens is 388 g/mol. The van der Waals surface area contributed by atoms with Crippen molar-refractivity contribution in [2.75, 3.05) is 13.2 Å². The summed E-state index contributed by atoms with van der Waals surface area (Å²) in [5.74, 6) is 1.46. The van der Waals surface area contributed by atoms with Gasteiger partial charge in [0.05, 0.1) is 0 Å².